The Bertz CT molecular complexity index is 4850. The zero-order chi connectivity index (χ0) is 82.3. The summed E-state index contributed by atoms with van der Waals surface area (Å²) in [6, 6.07) is 98.9. The molecule has 2 heterocycles. The Morgan fingerprint density at radius 1 is 0.305 bits per heavy atom. The molecule has 0 amide bonds. The van der Waals surface area contributed by atoms with Crippen molar-refractivity contribution in [1.82, 2.24) is 4.90 Å². The number of hydrogen-bond acceptors (Lipinski definition) is 9. The molecule has 2 aliphatic heterocycles. The molecule has 0 fully saturated rings. The molecule has 118 heavy (non-hydrogen) atoms. The monoisotopic (exact) mass is 1580 g/mol. The summed E-state index contributed by atoms with van der Waals surface area (Å²) >= 11 is 0. The number of anilines is 3. The number of methoxy groups -OCH3 is 1. The summed E-state index contributed by atoms with van der Waals surface area (Å²) < 4.78 is 16.8. The second-order valence-electron chi connectivity index (χ2n) is 35.5. The summed E-state index contributed by atoms with van der Waals surface area (Å²) in [4.78, 5) is 4.54. The van der Waals surface area contributed by atoms with Crippen LogP contribution >= 0.6 is 0 Å². The fourth-order valence-corrected chi connectivity index (χ4v) is 15.7. The zero-order valence-electron chi connectivity index (χ0n) is 71.3. The maximum atomic E-state index is 9.53. The van der Waals surface area contributed by atoms with Crippen LogP contribution in [0.25, 0.3) is 0 Å². The molecule has 14 rings (SSSR count). The summed E-state index contributed by atoms with van der Waals surface area (Å²) in [6.45, 7) is 44.1. The van der Waals surface area contributed by atoms with Crippen LogP contribution in [0.15, 0.2) is 279 Å². The molecule has 2 aliphatic rings. The molecule has 0 radical (unpaired) electrons. The Balaban J connectivity index is 0.000000266. The van der Waals surface area contributed by atoms with E-state index in [1.54, 1.807) is 31.4 Å². The van der Waals surface area contributed by atoms with Crippen molar-refractivity contribution in [2.24, 2.45) is 0 Å². The lowest BCUT2D eigenvalue weighted by Crippen LogP contribution is -2.32. The van der Waals surface area contributed by atoms with Crippen molar-refractivity contribution in [3.63, 3.8) is 0 Å². The van der Waals surface area contributed by atoms with E-state index in [0.717, 1.165) is 42.6 Å². The number of nitrogen functional groups attached to an aromatic ring is 2. The first kappa shape index (κ1) is 94.3. The predicted molar refractivity (Wildman–Crippen MR) is 504 cm³/mol. The average molecular weight is 1580 g/mol. The van der Waals surface area contributed by atoms with Gasteiger partial charge in [0.2, 0.25) is 0 Å². The van der Waals surface area contributed by atoms with Crippen LogP contribution in [0.3, 0.4) is 0 Å². The van der Waals surface area contributed by atoms with E-state index in [9.17, 15) is 10.2 Å². The minimum atomic E-state index is -0.185. The number of nitrogens with zero attached hydrogens (tertiary/aromatic N) is 2. The highest BCUT2D eigenvalue weighted by Crippen LogP contribution is 2.44. The van der Waals surface area contributed by atoms with Crippen molar-refractivity contribution in [3.05, 3.63) is 385 Å². The summed E-state index contributed by atoms with van der Waals surface area (Å²) in [5.41, 5.74) is 37.6. The minimum absolute atomic E-state index is 0. The van der Waals surface area contributed by atoms with Crippen molar-refractivity contribution in [1.29, 1.82) is 0 Å². The van der Waals surface area contributed by atoms with Crippen LogP contribution in [0, 0.1) is 6.92 Å². The maximum absolute atomic E-state index is 9.53. The normalized spacial score (nSPS) is 13.0. The maximum Gasteiger partial charge on any atom is 0.161 e. The van der Waals surface area contributed by atoms with Gasteiger partial charge in [0.15, 0.2) is 6.73 Å². The van der Waals surface area contributed by atoms with Crippen molar-refractivity contribution < 1.29 is 24.4 Å². The number of aryl methyl sites for hydroxylation is 1. The number of nitrogens with two attached hydrogens (primary N) is 2. The summed E-state index contributed by atoms with van der Waals surface area (Å²) in [5.74, 6) is 2.55. The second kappa shape index (κ2) is 38.3. The first-order valence-electron chi connectivity index (χ1n) is 40.2. The molecule has 0 saturated heterocycles. The van der Waals surface area contributed by atoms with E-state index >= 15 is 0 Å². The van der Waals surface area contributed by atoms with Gasteiger partial charge in [-0.1, -0.05) is 340 Å². The second-order valence-corrected chi connectivity index (χ2v) is 35.5. The molecule has 0 atom stereocenters. The van der Waals surface area contributed by atoms with Crippen molar-refractivity contribution in [2.75, 3.05) is 50.6 Å². The Kier molecular flexibility index (Phi) is 30.6. The highest BCUT2D eigenvalue weighted by molar-refractivity contribution is 5.57. The first-order chi connectivity index (χ1) is 53.9. The quantitative estimate of drug-likeness (QED) is 0.0621. The van der Waals surface area contributed by atoms with Gasteiger partial charge in [-0.05, 0) is 195 Å². The molecule has 9 heteroatoms. The topological polar surface area (TPSA) is 127 Å². The van der Waals surface area contributed by atoms with E-state index < -0.39 is 0 Å². The molecular formula is C109H138N4O5. The van der Waals surface area contributed by atoms with Gasteiger partial charge in [0.05, 0.1) is 0 Å². The van der Waals surface area contributed by atoms with Gasteiger partial charge >= 0.3 is 0 Å². The summed E-state index contributed by atoms with van der Waals surface area (Å²) in [6.07, 6.45) is 0. The van der Waals surface area contributed by atoms with Crippen molar-refractivity contribution in [2.45, 2.75) is 211 Å². The molecule has 0 saturated carbocycles. The van der Waals surface area contributed by atoms with E-state index in [-0.39, 0.29) is 84.5 Å². The van der Waals surface area contributed by atoms with E-state index in [4.69, 9.17) is 20.9 Å². The Morgan fingerprint density at radius 2 is 0.508 bits per heavy atom. The molecule has 12 aromatic rings. The first-order valence-corrected chi connectivity index (χ1v) is 40.2. The highest BCUT2D eigenvalue weighted by Gasteiger charge is 2.34. The molecule has 9 nitrogen and oxygen atoms in total. The lowest BCUT2D eigenvalue weighted by molar-refractivity contribution is 0.121. The Hall–Kier alpha value is -10.8. The van der Waals surface area contributed by atoms with E-state index in [0.29, 0.717) is 13.5 Å². The van der Waals surface area contributed by atoms with Crippen LogP contribution < -0.4 is 25.8 Å². The summed E-state index contributed by atoms with van der Waals surface area (Å²) in [5, 5.41) is 19.1. The molecule has 0 aliphatic carbocycles. The molecular weight excluding hydrogens is 1450 g/mol. The Morgan fingerprint density at radius 3 is 0.771 bits per heavy atom. The number of aromatic hydroxyl groups is 2. The third-order valence-corrected chi connectivity index (χ3v) is 25.0. The number of benzene rings is 12. The van der Waals surface area contributed by atoms with Gasteiger partial charge in [0.25, 0.3) is 0 Å². The largest absolute Gasteiger partial charge is 0.508 e. The van der Waals surface area contributed by atoms with Gasteiger partial charge in [-0.3, -0.25) is 4.90 Å². The third-order valence-electron chi connectivity index (χ3n) is 25.0. The van der Waals surface area contributed by atoms with E-state index in [1.165, 1.54) is 111 Å². The molecule has 0 unspecified atom stereocenters. The number of phenols is 2. The number of ether oxygens (including phenoxy) is 3. The molecule has 0 spiro atoms. The van der Waals surface area contributed by atoms with Crippen LogP contribution in [-0.2, 0) is 61.1 Å². The Labute approximate surface area is 711 Å². The van der Waals surface area contributed by atoms with E-state index in [1.807, 2.05) is 55.5 Å². The fraction of sp³-hybridized carbons (Fsp3) is 0.339. The van der Waals surface area contributed by atoms with Crippen LogP contribution in [0.4, 0.5) is 17.1 Å². The molecule has 624 valence electrons. The smallest absolute Gasteiger partial charge is 0.161 e. The SMILES string of the molecule is C.C.C.C.CC(C)(c1ccc(N)cc1)c1ccc(C(C)(C)c2ccc(N)cc2)cc1.CC(C)(c1ccc(O)cc1)c1ccc(C(C)(C)c2ccc(O)cc2)cc1.CCOC.Cc1ccc(C(C)(C)c2ccc(C(C)(C)c3ccc(N4COc5ccc(C(C)(C)c6ccc(C(C)(C)c7ccc8c(c7)CN(C)CO8)cc6)cc5C4)cc3)cc2)cc1. The fourth-order valence-electron chi connectivity index (χ4n) is 15.7. The van der Waals surface area contributed by atoms with Gasteiger partial charge in [-0.15, -0.1) is 0 Å². The predicted octanol–water partition coefficient (Wildman–Crippen LogP) is 26.9. The van der Waals surface area contributed by atoms with E-state index in [2.05, 4.69) is 346 Å². The van der Waals surface area contributed by atoms with Crippen molar-refractivity contribution >= 4 is 17.1 Å². The summed E-state index contributed by atoms with van der Waals surface area (Å²) in [7, 11) is 3.78. The highest BCUT2D eigenvalue weighted by atomic mass is 16.5. The molecule has 12 aromatic carbocycles. The lowest BCUT2D eigenvalue weighted by Gasteiger charge is -2.34. The van der Waals surface area contributed by atoms with Gasteiger partial charge in [-0.2, -0.15) is 0 Å². The van der Waals surface area contributed by atoms with Crippen molar-refractivity contribution in [3.8, 4) is 23.0 Å². The zero-order valence-corrected chi connectivity index (χ0v) is 71.3. The minimum Gasteiger partial charge on any atom is -0.508 e. The lowest BCUT2D eigenvalue weighted by atomic mass is 9.74. The number of fused-ring (bicyclic) bond motifs is 2. The van der Waals surface area contributed by atoms with Gasteiger partial charge in [0.1, 0.15) is 29.7 Å². The molecule has 6 N–H and O–H groups in total. The van der Waals surface area contributed by atoms with Crippen LogP contribution in [0.5, 0.6) is 23.0 Å². The standard InChI is InChI=1S/C54H60N2O2.C24H28N2.C24H26O2.C3H8O.4CH4/c1-37-11-13-40(14-12-37)51(2,3)41-15-17-42(18-16-41)52(4,5)45-23-27-48(28-24-45)56-34-39-32-47(26-30-50(39)58-36-56)54(8,9)44-21-19-43(20-22-44)53(6,7)46-25-29-49-38(31-46)33-55(10)35-57-49;2*1-23(2,19-9-13-21(25)14-10-19)17-5-7-18(8-6-17)24(3,4)20-11-15-22(26)16-12-20;1-3-4-2;;;;/h11-32H,33-36H2,1-10H3;5-16H,25-26H2,1-4H3;5-16,25-26H,1-4H3;3H2,1-2H3;4*1H4. The average Bonchev–Trinajstić information content (AvgIpc) is 0.771. The number of rotatable bonds is 18. The number of hydrogen-bond donors (Lipinski definition) is 4. The number of phenolic OH excluding ortho intramolecular Hbond substituents is 2. The van der Waals surface area contributed by atoms with Gasteiger partial charge in [0, 0.05) is 98.3 Å². The molecule has 0 bridgehead atoms. The van der Waals surface area contributed by atoms with Crippen LogP contribution in [-0.4, -0.2) is 49.3 Å². The van der Waals surface area contributed by atoms with Gasteiger partial charge < -0.3 is 40.8 Å². The molecule has 0 aromatic heterocycles. The van der Waals surface area contributed by atoms with Crippen LogP contribution in [0.1, 0.15) is 253 Å². The third kappa shape index (κ3) is 20.8. The van der Waals surface area contributed by atoms with Crippen LogP contribution in [0.2, 0.25) is 0 Å². The van der Waals surface area contributed by atoms with Gasteiger partial charge in [-0.25, -0.2) is 0 Å².